The van der Waals surface area contributed by atoms with Crippen LogP contribution in [0.1, 0.15) is 38.1 Å². The highest BCUT2D eigenvalue weighted by molar-refractivity contribution is 6.34. The third-order valence-corrected chi connectivity index (χ3v) is 3.24. The van der Waals surface area contributed by atoms with E-state index in [9.17, 15) is 19.7 Å². The van der Waals surface area contributed by atoms with Gasteiger partial charge in [0.1, 0.15) is 0 Å². The number of halogens is 1. The van der Waals surface area contributed by atoms with E-state index in [0.717, 1.165) is 6.07 Å². The van der Waals surface area contributed by atoms with Gasteiger partial charge in [-0.3, -0.25) is 19.7 Å². The molecule has 1 aromatic rings. The normalized spacial score (nSPS) is 11.0. The molecule has 0 aromatic heterocycles. The van der Waals surface area contributed by atoms with Crippen molar-refractivity contribution in [1.82, 2.24) is 10.2 Å². The Balaban J connectivity index is 2.99. The Hall–Kier alpha value is -2.15. The molecule has 0 aliphatic rings. The highest BCUT2D eigenvalue weighted by Gasteiger charge is 2.23. The largest absolute Gasteiger partial charge is 0.350 e. The smallest absolute Gasteiger partial charge is 0.270 e. The summed E-state index contributed by atoms with van der Waals surface area (Å²) in [6.45, 7) is 7.34. The number of nitro benzene ring substituents is 1. The van der Waals surface area contributed by atoms with Crippen LogP contribution in [0.4, 0.5) is 5.69 Å². The van der Waals surface area contributed by atoms with Gasteiger partial charge in [0.25, 0.3) is 11.6 Å². The van der Waals surface area contributed by atoms with Gasteiger partial charge in [0, 0.05) is 24.2 Å². The molecule has 0 spiro atoms. The number of carbonyl (C=O) groups is 2. The molecule has 1 N–H and O–H groups in total. The van der Waals surface area contributed by atoms with E-state index in [2.05, 4.69) is 5.32 Å². The van der Waals surface area contributed by atoms with Crippen molar-refractivity contribution >= 4 is 29.1 Å². The minimum Gasteiger partial charge on any atom is -0.350 e. The van der Waals surface area contributed by atoms with E-state index in [4.69, 9.17) is 11.6 Å². The van der Waals surface area contributed by atoms with E-state index in [1.807, 2.05) is 20.8 Å². The van der Waals surface area contributed by atoms with Gasteiger partial charge >= 0.3 is 0 Å². The molecule has 126 valence electrons. The Bertz CT molecular complexity index is 626. The van der Waals surface area contributed by atoms with Gasteiger partial charge in [-0.25, -0.2) is 0 Å². The van der Waals surface area contributed by atoms with Gasteiger partial charge in [0.05, 0.1) is 22.1 Å². The number of nitrogens with one attached hydrogen (secondary N) is 1. The predicted octanol–water partition coefficient (Wildman–Crippen LogP) is 2.63. The topological polar surface area (TPSA) is 92.6 Å². The Morgan fingerprint density at radius 1 is 1.35 bits per heavy atom. The minimum absolute atomic E-state index is 0.00581. The molecule has 0 atom stereocenters. The molecule has 1 aromatic carbocycles. The second-order valence-electron chi connectivity index (χ2n) is 6.04. The Morgan fingerprint density at radius 3 is 2.43 bits per heavy atom. The van der Waals surface area contributed by atoms with Crippen LogP contribution in [0, 0.1) is 10.1 Å². The van der Waals surface area contributed by atoms with Crippen molar-refractivity contribution in [3.8, 4) is 0 Å². The minimum atomic E-state index is -0.601. The second kappa shape index (κ2) is 7.41. The van der Waals surface area contributed by atoms with Crippen LogP contribution in [-0.4, -0.2) is 40.3 Å². The lowest BCUT2D eigenvalue weighted by molar-refractivity contribution is -0.384. The lowest BCUT2D eigenvalue weighted by atomic mass is 10.1. The Morgan fingerprint density at radius 2 is 1.96 bits per heavy atom. The quantitative estimate of drug-likeness (QED) is 0.658. The molecular formula is C15H20ClN3O4. The summed E-state index contributed by atoms with van der Waals surface area (Å²) in [5, 5.41) is 13.7. The first-order valence-corrected chi connectivity index (χ1v) is 7.47. The fraction of sp³-hybridized carbons (Fsp3) is 0.467. The average molecular weight is 342 g/mol. The van der Waals surface area contributed by atoms with Crippen LogP contribution in [0.25, 0.3) is 0 Å². The zero-order valence-corrected chi connectivity index (χ0v) is 14.3. The summed E-state index contributed by atoms with van der Waals surface area (Å²) < 4.78 is 0. The van der Waals surface area contributed by atoms with Crippen molar-refractivity contribution in [3.05, 3.63) is 38.9 Å². The highest BCUT2D eigenvalue weighted by atomic mass is 35.5. The van der Waals surface area contributed by atoms with Crippen LogP contribution in [0.2, 0.25) is 5.02 Å². The maximum Gasteiger partial charge on any atom is 0.270 e. The number of amides is 2. The molecule has 1 rings (SSSR count). The molecule has 0 bridgehead atoms. The molecule has 0 aliphatic carbocycles. The first-order valence-electron chi connectivity index (χ1n) is 7.09. The molecule has 7 nitrogen and oxygen atoms in total. The average Bonchev–Trinajstić information content (AvgIpc) is 2.42. The van der Waals surface area contributed by atoms with Gasteiger partial charge in [0.15, 0.2) is 0 Å². The number of nitro groups is 1. The standard InChI is InChI=1S/C15H20ClN3O4/c1-5-18(9-13(20)17-15(2,3)4)14(21)11-8-10(19(22)23)6-7-12(11)16/h6-8H,5,9H2,1-4H3,(H,17,20). The third-order valence-electron chi connectivity index (χ3n) is 2.91. The molecule has 0 heterocycles. The number of rotatable bonds is 5. The maximum absolute atomic E-state index is 12.5. The van der Waals surface area contributed by atoms with Crippen LogP contribution in [0.15, 0.2) is 18.2 Å². The highest BCUT2D eigenvalue weighted by Crippen LogP contribution is 2.23. The number of benzene rings is 1. The van der Waals surface area contributed by atoms with Gasteiger partial charge in [-0.05, 0) is 33.8 Å². The molecule has 0 saturated carbocycles. The van der Waals surface area contributed by atoms with E-state index in [0.29, 0.717) is 0 Å². The van der Waals surface area contributed by atoms with Crippen molar-refractivity contribution in [2.75, 3.05) is 13.1 Å². The first-order chi connectivity index (χ1) is 10.5. The van der Waals surface area contributed by atoms with Gasteiger partial charge in [-0.2, -0.15) is 0 Å². The number of hydrogen-bond acceptors (Lipinski definition) is 4. The number of carbonyl (C=O) groups excluding carboxylic acids is 2. The molecule has 0 aliphatic heterocycles. The van der Waals surface area contributed by atoms with Crippen LogP contribution in [0.5, 0.6) is 0 Å². The molecule has 0 unspecified atom stereocenters. The third kappa shape index (κ3) is 5.52. The fourth-order valence-electron chi connectivity index (χ4n) is 1.92. The van der Waals surface area contributed by atoms with Gasteiger partial charge in [-0.1, -0.05) is 11.6 Å². The molecular weight excluding hydrogens is 322 g/mol. The summed E-state index contributed by atoms with van der Waals surface area (Å²) in [5.74, 6) is -0.834. The maximum atomic E-state index is 12.5. The molecule has 23 heavy (non-hydrogen) atoms. The van der Waals surface area contributed by atoms with Gasteiger partial charge in [0.2, 0.25) is 5.91 Å². The first kappa shape index (κ1) is 18.9. The van der Waals surface area contributed by atoms with Crippen molar-refractivity contribution in [3.63, 3.8) is 0 Å². The van der Waals surface area contributed by atoms with Crippen LogP contribution in [0.3, 0.4) is 0 Å². The van der Waals surface area contributed by atoms with E-state index in [1.165, 1.54) is 17.0 Å². The molecule has 0 saturated heterocycles. The zero-order valence-electron chi connectivity index (χ0n) is 13.6. The monoisotopic (exact) mass is 341 g/mol. The fourth-order valence-corrected chi connectivity index (χ4v) is 2.12. The predicted molar refractivity (Wildman–Crippen MR) is 87.6 cm³/mol. The SMILES string of the molecule is CCN(CC(=O)NC(C)(C)C)C(=O)c1cc([N+](=O)[O-])ccc1Cl. The summed E-state index contributed by atoms with van der Waals surface area (Å²) in [5.41, 5.74) is -0.637. The number of non-ortho nitro benzene ring substituents is 1. The van der Waals surface area contributed by atoms with Crippen molar-refractivity contribution in [1.29, 1.82) is 0 Å². The summed E-state index contributed by atoms with van der Waals surface area (Å²) in [6, 6.07) is 3.65. The summed E-state index contributed by atoms with van der Waals surface area (Å²) in [7, 11) is 0. The van der Waals surface area contributed by atoms with E-state index in [-0.39, 0.29) is 35.3 Å². The number of hydrogen-bond donors (Lipinski definition) is 1. The van der Waals surface area contributed by atoms with Crippen molar-refractivity contribution in [2.45, 2.75) is 33.2 Å². The van der Waals surface area contributed by atoms with Gasteiger partial charge in [-0.15, -0.1) is 0 Å². The Kier molecular flexibility index (Phi) is 6.09. The van der Waals surface area contributed by atoms with Crippen LogP contribution in [-0.2, 0) is 4.79 Å². The summed E-state index contributed by atoms with van der Waals surface area (Å²) >= 11 is 5.97. The lowest BCUT2D eigenvalue weighted by Crippen LogP contribution is -2.47. The van der Waals surface area contributed by atoms with E-state index in [1.54, 1.807) is 6.92 Å². The van der Waals surface area contributed by atoms with E-state index < -0.39 is 16.4 Å². The van der Waals surface area contributed by atoms with E-state index >= 15 is 0 Å². The van der Waals surface area contributed by atoms with Crippen LogP contribution >= 0.6 is 11.6 Å². The lowest BCUT2D eigenvalue weighted by Gasteiger charge is -2.25. The molecule has 2 amide bonds. The van der Waals surface area contributed by atoms with Crippen molar-refractivity contribution in [2.24, 2.45) is 0 Å². The molecule has 0 fully saturated rings. The number of nitrogens with zero attached hydrogens (tertiary/aromatic N) is 2. The van der Waals surface area contributed by atoms with Crippen LogP contribution < -0.4 is 5.32 Å². The second-order valence-corrected chi connectivity index (χ2v) is 6.45. The zero-order chi connectivity index (χ0) is 17.8. The molecule has 0 radical (unpaired) electrons. The van der Waals surface area contributed by atoms with Gasteiger partial charge < -0.3 is 10.2 Å². The summed E-state index contributed by atoms with van der Waals surface area (Å²) in [6.07, 6.45) is 0. The molecule has 8 heteroatoms. The van der Waals surface area contributed by atoms with Crippen molar-refractivity contribution < 1.29 is 14.5 Å². The Labute approximate surface area is 139 Å². The summed E-state index contributed by atoms with van der Waals surface area (Å²) in [4.78, 5) is 36.0. The number of likely N-dealkylation sites (N-methyl/N-ethyl adjacent to an activating group) is 1.